The molecule has 1 aliphatic rings. The number of furan rings is 1. The molecule has 0 spiro atoms. The summed E-state index contributed by atoms with van der Waals surface area (Å²) in [6.07, 6.45) is 1.55. The van der Waals surface area contributed by atoms with E-state index in [4.69, 9.17) is 20.8 Å². The number of hydrogen-bond acceptors (Lipinski definition) is 5. The quantitative estimate of drug-likeness (QED) is 0.640. The van der Waals surface area contributed by atoms with Crippen LogP contribution in [0.5, 0.6) is 5.75 Å². The number of benzene rings is 1. The van der Waals surface area contributed by atoms with E-state index in [1.807, 2.05) is 0 Å². The summed E-state index contributed by atoms with van der Waals surface area (Å²) >= 11 is 9.87. The van der Waals surface area contributed by atoms with Gasteiger partial charge in [0.05, 0.1) is 11.4 Å². The van der Waals surface area contributed by atoms with Crippen LogP contribution in [0, 0.1) is 0 Å². The molecule has 1 aromatic carbocycles. The van der Waals surface area contributed by atoms with Crippen LogP contribution in [0.25, 0.3) is 6.08 Å². The van der Waals surface area contributed by atoms with Gasteiger partial charge in [-0.05, 0) is 64.1 Å². The van der Waals surface area contributed by atoms with E-state index in [9.17, 15) is 9.59 Å². The van der Waals surface area contributed by atoms with Gasteiger partial charge in [-0.3, -0.25) is 14.5 Å². The highest BCUT2D eigenvalue weighted by molar-refractivity contribution is 9.10. The number of ether oxygens (including phenoxy) is 1. The molecule has 124 valence electrons. The van der Waals surface area contributed by atoms with E-state index < -0.39 is 0 Å². The van der Waals surface area contributed by atoms with Gasteiger partial charge in [-0.25, -0.2) is 0 Å². The van der Waals surface area contributed by atoms with Gasteiger partial charge in [-0.2, -0.15) is 0 Å². The fourth-order valence-corrected chi connectivity index (χ4v) is 3.30. The number of hydrogen-bond donors (Lipinski definition) is 0. The molecule has 2 aromatic rings. The van der Waals surface area contributed by atoms with Crippen molar-refractivity contribution in [3.05, 3.63) is 56.8 Å². The van der Waals surface area contributed by atoms with Gasteiger partial charge in [-0.1, -0.05) is 11.6 Å². The van der Waals surface area contributed by atoms with E-state index in [0.717, 1.165) is 16.7 Å². The number of rotatable bonds is 5. The zero-order valence-corrected chi connectivity index (χ0v) is 15.4. The van der Waals surface area contributed by atoms with Crippen molar-refractivity contribution >= 4 is 56.5 Å². The smallest absolute Gasteiger partial charge is 0.293 e. The second-order valence-corrected chi connectivity index (χ2v) is 6.99. The Morgan fingerprint density at radius 1 is 1.21 bits per heavy atom. The first-order valence-corrected chi connectivity index (χ1v) is 8.91. The minimum Gasteiger partial charge on any atom is -0.492 e. The first-order valence-electron chi connectivity index (χ1n) is 6.92. The first kappa shape index (κ1) is 17.1. The molecule has 2 heterocycles. The van der Waals surface area contributed by atoms with Crippen LogP contribution in [0.1, 0.15) is 5.76 Å². The van der Waals surface area contributed by atoms with E-state index in [1.165, 1.54) is 0 Å². The third kappa shape index (κ3) is 4.03. The minimum absolute atomic E-state index is 0.173. The second-order valence-electron chi connectivity index (χ2n) is 4.78. The number of nitrogens with zero attached hydrogens (tertiary/aromatic N) is 1. The molecule has 1 aromatic heterocycles. The maximum absolute atomic E-state index is 12.3. The predicted octanol–water partition coefficient (Wildman–Crippen LogP) is 4.81. The second kappa shape index (κ2) is 7.46. The molecule has 5 nitrogen and oxygen atoms in total. The molecule has 8 heteroatoms. The fraction of sp³-hybridized carbons (Fsp3) is 0.125. The minimum atomic E-state index is -0.350. The van der Waals surface area contributed by atoms with Crippen LogP contribution in [0.3, 0.4) is 0 Å². The van der Waals surface area contributed by atoms with Crippen molar-refractivity contribution in [1.29, 1.82) is 0 Å². The van der Waals surface area contributed by atoms with Crippen LogP contribution in [0.15, 0.2) is 50.4 Å². The molecule has 0 N–H and O–H groups in total. The third-order valence-corrected chi connectivity index (χ3v) is 4.72. The lowest BCUT2D eigenvalue weighted by Gasteiger charge is -2.13. The average molecular weight is 429 g/mol. The molecule has 2 amide bonds. The summed E-state index contributed by atoms with van der Waals surface area (Å²) in [7, 11) is 0. The highest BCUT2D eigenvalue weighted by Gasteiger charge is 2.35. The number of thioether (sulfide) groups is 1. The van der Waals surface area contributed by atoms with Crippen LogP contribution in [-0.2, 0) is 4.79 Å². The third-order valence-electron chi connectivity index (χ3n) is 3.14. The van der Waals surface area contributed by atoms with Crippen molar-refractivity contribution in [1.82, 2.24) is 4.90 Å². The van der Waals surface area contributed by atoms with Gasteiger partial charge in [0.2, 0.25) is 0 Å². The van der Waals surface area contributed by atoms with Gasteiger partial charge in [-0.15, -0.1) is 0 Å². The van der Waals surface area contributed by atoms with E-state index in [2.05, 4.69) is 15.9 Å². The summed E-state index contributed by atoms with van der Waals surface area (Å²) in [4.78, 5) is 25.8. The molecule has 1 aliphatic heterocycles. The van der Waals surface area contributed by atoms with Crippen molar-refractivity contribution in [2.24, 2.45) is 0 Å². The summed E-state index contributed by atoms with van der Waals surface area (Å²) in [5, 5.41) is 0.291. The molecule has 3 rings (SSSR count). The number of imide groups is 1. The summed E-state index contributed by atoms with van der Waals surface area (Å²) in [6, 6.07) is 10.3. The van der Waals surface area contributed by atoms with Crippen molar-refractivity contribution in [3.8, 4) is 5.75 Å². The van der Waals surface area contributed by atoms with Crippen molar-refractivity contribution in [2.45, 2.75) is 0 Å². The van der Waals surface area contributed by atoms with E-state index >= 15 is 0 Å². The van der Waals surface area contributed by atoms with Crippen molar-refractivity contribution in [3.63, 3.8) is 0 Å². The zero-order chi connectivity index (χ0) is 17.1. The largest absolute Gasteiger partial charge is 0.492 e. The summed E-state index contributed by atoms with van der Waals surface area (Å²) in [6.45, 7) is 0.381. The number of carbonyl (C=O) groups is 2. The molecule has 1 fully saturated rings. The Morgan fingerprint density at radius 2 is 1.96 bits per heavy atom. The van der Waals surface area contributed by atoms with Gasteiger partial charge in [0.15, 0.2) is 4.67 Å². The number of amides is 2. The number of carbonyl (C=O) groups excluding carboxylic acids is 2. The fourth-order valence-electron chi connectivity index (χ4n) is 2.01. The SMILES string of the molecule is O=C1S/C(=C\c2ccc(Br)o2)C(=O)N1CCOc1ccc(Cl)cc1. The van der Waals surface area contributed by atoms with E-state index in [1.54, 1.807) is 42.5 Å². The average Bonchev–Trinajstić information content (AvgIpc) is 3.07. The van der Waals surface area contributed by atoms with Gasteiger partial charge < -0.3 is 9.15 Å². The molecule has 24 heavy (non-hydrogen) atoms. The zero-order valence-electron chi connectivity index (χ0n) is 12.2. The lowest BCUT2D eigenvalue weighted by atomic mass is 10.3. The summed E-state index contributed by atoms with van der Waals surface area (Å²) in [5.74, 6) is 0.782. The molecule has 0 atom stereocenters. The van der Waals surface area contributed by atoms with Gasteiger partial charge in [0.25, 0.3) is 11.1 Å². The van der Waals surface area contributed by atoms with E-state index in [-0.39, 0.29) is 24.3 Å². The highest BCUT2D eigenvalue weighted by atomic mass is 79.9. The topological polar surface area (TPSA) is 59.8 Å². The predicted molar refractivity (Wildman–Crippen MR) is 96.0 cm³/mol. The highest BCUT2D eigenvalue weighted by Crippen LogP contribution is 2.32. The molecule has 0 radical (unpaired) electrons. The van der Waals surface area contributed by atoms with Gasteiger partial charge >= 0.3 is 0 Å². The van der Waals surface area contributed by atoms with Crippen LogP contribution in [-0.4, -0.2) is 29.2 Å². The van der Waals surface area contributed by atoms with Gasteiger partial charge in [0, 0.05) is 11.1 Å². The lowest BCUT2D eigenvalue weighted by Crippen LogP contribution is -2.32. The monoisotopic (exact) mass is 427 g/mol. The van der Waals surface area contributed by atoms with Crippen LogP contribution < -0.4 is 4.74 Å². The Balaban J connectivity index is 1.60. The maximum Gasteiger partial charge on any atom is 0.293 e. The molecule has 1 saturated heterocycles. The van der Waals surface area contributed by atoms with Crippen LogP contribution in [0.2, 0.25) is 5.02 Å². The molecule has 0 saturated carbocycles. The van der Waals surface area contributed by atoms with E-state index in [0.29, 0.717) is 26.1 Å². The lowest BCUT2D eigenvalue weighted by molar-refractivity contribution is -0.123. The summed E-state index contributed by atoms with van der Waals surface area (Å²) in [5.41, 5.74) is 0. The Morgan fingerprint density at radius 3 is 2.62 bits per heavy atom. The maximum atomic E-state index is 12.3. The Labute approximate surface area is 155 Å². The summed E-state index contributed by atoms with van der Waals surface area (Å²) < 4.78 is 11.4. The normalized spacial score (nSPS) is 16.2. The van der Waals surface area contributed by atoms with Crippen molar-refractivity contribution in [2.75, 3.05) is 13.2 Å². The van der Waals surface area contributed by atoms with Crippen LogP contribution >= 0.6 is 39.3 Å². The molecular weight excluding hydrogens is 418 g/mol. The number of halogens is 2. The molecular formula is C16H11BrClNO4S. The Hall–Kier alpha value is -1.70. The molecule has 0 bridgehead atoms. The Bertz CT molecular complexity index is 803. The van der Waals surface area contributed by atoms with Crippen LogP contribution in [0.4, 0.5) is 4.79 Å². The van der Waals surface area contributed by atoms with Crippen molar-refractivity contribution < 1.29 is 18.7 Å². The molecule has 0 unspecified atom stereocenters. The molecule has 0 aliphatic carbocycles. The first-order chi connectivity index (χ1) is 11.5. The van der Waals surface area contributed by atoms with Gasteiger partial charge in [0.1, 0.15) is 18.1 Å². The Kier molecular flexibility index (Phi) is 5.33. The standard InChI is InChI=1S/C16H11BrClNO4S/c17-14-6-5-12(23-14)9-13-15(20)19(16(21)24-13)7-8-22-11-3-1-10(18)2-4-11/h1-6,9H,7-8H2/b13-9-.